The number of ether oxygens (including phenoxy) is 1. The molecular formula is C11H14FNO3. The Bertz CT molecular complexity index is 381. The summed E-state index contributed by atoms with van der Waals surface area (Å²) in [5.41, 5.74) is 0.429. The number of nitro groups is 1. The third-order valence-electron chi connectivity index (χ3n) is 2.27. The number of halogens is 1. The van der Waals surface area contributed by atoms with E-state index in [1.165, 1.54) is 6.07 Å². The normalized spacial score (nSPS) is 12.2. The summed E-state index contributed by atoms with van der Waals surface area (Å²) in [5.74, 6) is -0.221. The molecule has 0 aliphatic rings. The van der Waals surface area contributed by atoms with E-state index in [-0.39, 0.29) is 11.4 Å². The molecule has 1 rings (SSSR count). The number of nitrogens with zero attached hydrogens (tertiary/aromatic N) is 1. The Hall–Kier alpha value is -1.65. The van der Waals surface area contributed by atoms with Crippen LogP contribution in [0.4, 0.5) is 10.1 Å². The van der Waals surface area contributed by atoms with Crippen LogP contribution in [0.3, 0.4) is 0 Å². The summed E-state index contributed by atoms with van der Waals surface area (Å²) < 4.78 is 17.8. The van der Waals surface area contributed by atoms with Crippen LogP contribution in [0.1, 0.15) is 25.3 Å². The van der Waals surface area contributed by atoms with Gasteiger partial charge in [-0.05, 0) is 6.92 Å². The van der Waals surface area contributed by atoms with Crippen molar-refractivity contribution in [2.45, 2.75) is 19.8 Å². The molecule has 0 N–H and O–H groups in total. The number of para-hydroxylation sites is 1. The fraction of sp³-hybridized carbons (Fsp3) is 0.455. The summed E-state index contributed by atoms with van der Waals surface area (Å²) in [7, 11) is 0. The van der Waals surface area contributed by atoms with Crippen LogP contribution in [-0.2, 0) is 0 Å². The summed E-state index contributed by atoms with van der Waals surface area (Å²) in [5, 5.41) is 10.8. The van der Waals surface area contributed by atoms with Crippen molar-refractivity contribution in [3.05, 3.63) is 33.9 Å². The molecule has 0 saturated heterocycles. The predicted molar refractivity (Wildman–Crippen MR) is 58.7 cm³/mol. The molecule has 0 spiro atoms. The van der Waals surface area contributed by atoms with Crippen LogP contribution in [0.25, 0.3) is 0 Å². The van der Waals surface area contributed by atoms with E-state index < -0.39 is 17.5 Å². The van der Waals surface area contributed by atoms with Gasteiger partial charge in [0.1, 0.15) is 0 Å². The first-order valence-electron chi connectivity index (χ1n) is 5.07. The van der Waals surface area contributed by atoms with E-state index in [9.17, 15) is 14.5 Å². The molecule has 0 aliphatic carbocycles. The summed E-state index contributed by atoms with van der Waals surface area (Å²) in [4.78, 5) is 10.3. The molecule has 0 radical (unpaired) electrons. The van der Waals surface area contributed by atoms with Gasteiger partial charge in [0.25, 0.3) is 0 Å². The van der Waals surface area contributed by atoms with Crippen molar-refractivity contribution in [2.75, 3.05) is 13.3 Å². The fourth-order valence-electron chi connectivity index (χ4n) is 1.46. The molecule has 16 heavy (non-hydrogen) atoms. The summed E-state index contributed by atoms with van der Waals surface area (Å²) in [6, 6.07) is 4.56. The summed E-state index contributed by atoms with van der Waals surface area (Å²) in [6.07, 6.45) is 0. The highest BCUT2D eigenvalue weighted by Crippen LogP contribution is 2.35. The van der Waals surface area contributed by atoms with Crippen LogP contribution in [0.15, 0.2) is 18.2 Å². The smallest absolute Gasteiger partial charge is 0.311 e. The number of hydrogen-bond donors (Lipinski definition) is 0. The Kier molecular flexibility index (Phi) is 4.22. The van der Waals surface area contributed by atoms with Gasteiger partial charge in [-0.25, -0.2) is 0 Å². The lowest BCUT2D eigenvalue weighted by molar-refractivity contribution is -0.385. The summed E-state index contributed by atoms with van der Waals surface area (Å²) >= 11 is 0. The highest BCUT2D eigenvalue weighted by Gasteiger charge is 2.21. The second-order valence-electron chi connectivity index (χ2n) is 3.44. The van der Waals surface area contributed by atoms with Crippen LogP contribution < -0.4 is 4.74 Å². The molecule has 1 aromatic rings. The van der Waals surface area contributed by atoms with Crippen LogP contribution in [0, 0.1) is 10.1 Å². The maximum atomic E-state index is 12.6. The lowest BCUT2D eigenvalue weighted by atomic mass is 10.0. The molecule has 1 unspecified atom stereocenters. The van der Waals surface area contributed by atoms with Crippen molar-refractivity contribution in [1.82, 2.24) is 0 Å². The van der Waals surface area contributed by atoms with Gasteiger partial charge in [0.2, 0.25) is 5.75 Å². The lowest BCUT2D eigenvalue weighted by Gasteiger charge is -2.13. The maximum Gasteiger partial charge on any atom is 0.311 e. The number of rotatable bonds is 5. The molecule has 5 heteroatoms. The van der Waals surface area contributed by atoms with E-state index in [0.29, 0.717) is 12.2 Å². The molecule has 0 heterocycles. The number of hydrogen-bond acceptors (Lipinski definition) is 3. The first-order chi connectivity index (χ1) is 7.61. The molecule has 0 fully saturated rings. The highest BCUT2D eigenvalue weighted by molar-refractivity contribution is 5.53. The highest BCUT2D eigenvalue weighted by atomic mass is 19.1. The average molecular weight is 227 g/mol. The van der Waals surface area contributed by atoms with Crippen molar-refractivity contribution >= 4 is 5.69 Å². The van der Waals surface area contributed by atoms with Gasteiger partial charge < -0.3 is 4.74 Å². The van der Waals surface area contributed by atoms with E-state index in [0.717, 1.165) is 0 Å². The number of nitro benzene ring substituents is 1. The van der Waals surface area contributed by atoms with Crippen molar-refractivity contribution in [1.29, 1.82) is 0 Å². The molecule has 0 bridgehead atoms. The molecule has 0 saturated carbocycles. The molecule has 0 amide bonds. The van der Waals surface area contributed by atoms with E-state index >= 15 is 0 Å². The van der Waals surface area contributed by atoms with Gasteiger partial charge in [0, 0.05) is 17.5 Å². The number of benzene rings is 1. The lowest BCUT2D eigenvalue weighted by Crippen LogP contribution is -2.04. The Morgan fingerprint density at radius 3 is 2.75 bits per heavy atom. The first kappa shape index (κ1) is 12.4. The van der Waals surface area contributed by atoms with Crippen molar-refractivity contribution in [3.8, 4) is 5.75 Å². The second kappa shape index (κ2) is 5.44. The largest absolute Gasteiger partial charge is 0.487 e. The zero-order chi connectivity index (χ0) is 12.1. The minimum absolute atomic E-state index is 0.111. The van der Waals surface area contributed by atoms with E-state index in [2.05, 4.69) is 0 Å². The molecular weight excluding hydrogens is 213 g/mol. The van der Waals surface area contributed by atoms with Gasteiger partial charge in [0.05, 0.1) is 18.2 Å². The third-order valence-corrected chi connectivity index (χ3v) is 2.27. The van der Waals surface area contributed by atoms with E-state index in [4.69, 9.17) is 4.74 Å². The minimum Gasteiger partial charge on any atom is -0.487 e. The number of alkyl halides is 1. The molecule has 4 nitrogen and oxygen atoms in total. The SMILES string of the molecule is CCOc1c(C(C)CF)cccc1[N+](=O)[O-]. The van der Waals surface area contributed by atoms with Gasteiger partial charge in [-0.3, -0.25) is 14.5 Å². The van der Waals surface area contributed by atoms with Crippen molar-refractivity contribution in [2.24, 2.45) is 0 Å². The zero-order valence-corrected chi connectivity index (χ0v) is 9.27. The van der Waals surface area contributed by atoms with E-state index in [1.807, 2.05) is 0 Å². The van der Waals surface area contributed by atoms with Gasteiger partial charge in [-0.1, -0.05) is 19.1 Å². The van der Waals surface area contributed by atoms with Crippen LogP contribution in [-0.4, -0.2) is 18.2 Å². The maximum absolute atomic E-state index is 12.6. The predicted octanol–water partition coefficient (Wildman–Crippen LogP) is 3.07. The van der Waals surface area contributed by atoms with Gasteiger partial charge in [-0.2, -0.15) is 0 Å². The van der Waals surface area contributed by atoms with Crippen LogP contribution >= 0.6 is 0 Å². The summed E-state index contributed by atoms with van der Waals surface area (Å²) in [6.45, 7) is 3.15. The quantitative estimate of drug-likeness (QED) is 0.573. The first-order valence-corrected chi connectivity index (χ1v) is 5.07. The molecule has 88 valence electrons. The Morgan fingerprint density at radius 2 is 2.25 bits per heavy atom. The van der Waals surface area contributed by atoms with Gasteiger partial charge in [-0.15, -0.1) is 0 Å². The molecule has 0 aromatic heterocycles. The average Bonchev–Trinajstić information content (AvgIpc) is 2.28. The van der Waals surface area contributed by atoms with Crippen molar-refractivity contribution < 1.29 is 14.1 Å². The molecule has 1 aromatic carbocycles. The third kappa shape index (κ3) is 2.48. The van der Waals surface area contributed by atoms with Gasteiger partial charge >= 0.3 is 5.69 Å². The Labute approximate surface area is 93.2 Å². The van der Waals surface area contributed by atoms with Crippen molar-refractivity contribution in [3.63, 3.8) is 0 Å². The fourth-order valence-corrected chi connectivity index (χ4v) is 1.46. The monoisotopic (exact) mass is 227 g/mol. The second-order valence-corrected chi connectivity index (χ2v) is 3.44. The van der Waals surface area contributed by atoms with E-state index in [1.54, 1.807) is 26.0 Å². The standard InChI is InChI=1S/C11H14FNO3/c1-3-16-11-9(8(2)7-12)5-4-6-10(11)13(14)15/h4-6,8H,3,7H2,1-2H3. The Morgan fingerprint density at radius 1 is 1.56 bits per heavy atom. The Balaban J connectivity index is 3.26. The molecule has 0 aliphatic heterocycles. The van der Waals surface area contributed by atoms with Crippen LogP contribution in [0.2, 0.25) is 0 Å². The van der Waals surface area contributed by atoms with Gasteiger partial charge in [0.15, 0.2) is 0 Å². The topological polar surface area (TPSA) is 52.4 Å². The van der Waals surface area contributed by atoms with Crippen LogP contribution in [0.5, 0.6) is 5.75 Å². The zero-order valence-electron chi connectivity index (χ0n) is 9.27. The minimum atomic E-state index is -0.568. The molecule has 1 atom stereocenters.